The zero-order valence-corrected chi connectivity index (χ0v) is 16.6. The molecule has 0 unspecified atom stereocenters. The van der Waals surface area contributed by atoms with E-state index in [0.717, 1.165) is 52.7 Å². The first-order valence-corrected chi connectivity index (χ1v) is 9.43. The number of thiol groups is 4. The molecule has 1 aliphatic heterocycles. The largest absolute Gasteiger partial charge is 0.356 e. The van der Waals surface area contributed by atoms with Crippen LogP contribution in [0.2, 0.25) is 0 Å². The van der Waals surface area contributed by atoms with E-state index in [1.807, 2.05) is 12.1 Å². The fourth-order valence-electron chi connectivity index (χ4n) is 2.81. The van der Waals surface area contributed by atoms with Gasteiger partial charge in [-0.3, -0.25) is 5.10 Å². The first-order chi connectivity index (χ1) is 12.1. The molecule has 1 aromatic carbocycles. The highest BCUT2D eigenvalue weighted by atomic mass is 32.1. The van der Waals surface area contributed by atoms with E-state index in [0.29, 0.717) is 14.7 Å². The molecule has 25 heavy (non-hydrogen) atoms. The van der Waals surface area contributed by atoms with Gasteiger partial charge in [-0.25, -0.2) is 9.97 Å². The summed E-state index contributed by atoms with van der Waals surface area (Å²) >= 11 is 18.1. The van der Waals surface area contributed by atoms with Crippen LogP contribution in [0.5, 0.6) is 0 Å². The topological polar surface area (TPSA) is 57.7 Å². The quantitative estimate of drug-likeness (QED) is 0.429. The van der Waals surface area contributed by atoms with Gasteiger partial charge in [0.15, 0.2) is 0 Å². The van der Waals surface area contributed by atoms with Crippen LogP contribution in [0.1, 0.15) is 6.42 Å². The third-order valence-electron chi connectivity index (χ3n) is 4.24. The average Bonchev–Trinajstić information content (AvgIpc) is 3.09. The predicted octanol–water partition coefficient (Wildman–Crippen LogP) is 3.90. The van der Waals surface area contributed by atoms with Crippen LogP contribution in [0, 0.1) is 0 Å². The first-order valence-electron chi connectivity index (χ1n) is 7.65. The average molecular weight is 406 g/mol. The standard InChI is InChI=1S/C16H15N5S4/c22-10-6-8(13(23)15(25)14(10)24)12-11(9-2-3-19-20-9)16(18-7-17-12)21-4-1-5-21/h2-3,6-7,22-25H,1,4-5H2,(H,19,20). The molecule has 0 spiro atoms. The van der Waals surface area contributed by atoms with Crippen LogP contribution in [-0.2, 0) is 0 Å². The number of benzene rings is 1. The molecule has 5 nitrogen and oxygen atoms in total. The van der Waals surface area contributed by atoms with Gasteiger partial charge in [0, 0.05) is 44.4 Å². The molecule has 0 atom stereocenters. The van der Waals surface area contributed by atoms with Crippen LogP contribution in [-0.4, -0.2) is 33.3 Å². The van der Waals surface area contributed by atoms with Crippen molar-refractivity contribution in [2.45, 2.75) is 26.0 Å². The summed E-state index contributed by atoms with van der Waals surface area (Å²) < 4.78 is 0. The van der Waals surface area contributed by atoms with Crippen LogP contribution in [0.3, 0.4) is 0 Å². The summed E-state index contributed by atoms with van der Waals surface area (Å²) in [5.74, 6) is 0.893. The SMILES string of the molecule is Sc1cc(-c2ncnc(N3CCC3)c2-c2ccn[nH]2)c(S)c(S)c1S. The lowest BCUT2D eigenvalue weighted by Crippen LogP contribution is -2.38. The van der Waals surface area contributed by atoms with Crippen molar-refractivity contribution >= 4 is 56.3 Å². The van der Waals surface area contributed by atoms with Gasteiger partial charge in [-0.05, 0) is 18.6 Å². The molecule has 0 bridgehead atoms. The fourth-order valence-corrected chi connectivity index (χ4v) is 3.92. The number of anilines is 1. The maximum absolute atomic E-state index is 4.65. The maximum Gasteiger partial charge on any atom is 0.142 e. The molecule has 128 valence electrons. The van der Waals surface area contributed by atoms with Crippen LogP contribution in [0.25, 0.3) is 22.5 Å². The van der Waals surface area contributed by atoms with E-state index >= 15 is 0 Å². The normalized spacial score (nSPS) is 13.8. The van der Waals surface area contributed by atoms with E-state index in [1.165, 1.54) is 0 Å². The molecule has 1 aliphatic rings. The molecule has 0 amide bonds. The second-order valence-electron chi connectivity index (χ2n) is 5.72. The summed E-state index contributed by atoms with van der Waals surface area (Å²) in [6, 6.07) is 3.83. The molecule has 3 aromatic rings. The van der Waals surface area contributed by atoms with Crippen molar-refractivity contribution in [3.8, 4) is 22.5 Å². The minimum Gasteiger partial charge on any atom is -0.356 e. The van der Waals surface area contributed by atoms with Crippen LogP contribution >= 0.6 is 50.5 Å². The smallest absolute Gasteiger partial charge is 0.142 e. The second kappa shape index (κ2) is 6.79. The van der Waals surface area contributed by atoms with Crippen molar-refractivity contribution in [2.24, 2.45) is 0 Å². The summed E-state index contributed by atoms with van der Waals surface area (Å²) in [7, 11) is 0. The summed E-state index contributed by atoms with van der Waals surface area (Å²) in [6.45, 7) is 1.97. The molecule has 0 radical (unpaired) electrons. The van der Waals surface area contributed by atoms with E-state index in [-0.39, 0.29) is 0 Å². The summed E-state index contributed by atoms with van der Waals surface area (Å²) in [5.41, 5.74) is 3.37. The maximum atomic E-state index is 4.65. The van der Waals surface area contributed by atoms with Crippen LogP contribution in [0.4, 0.5) is 5.82 Å². The number of aromatic amines is 1. The molecule has 1 N–H and O–H groups in total. The lowest BCUT2D eigenvalue weighted by atomic mass is 10.0. The minimum atomic E-state index is 0.675. The highest BCUT2D eigenvalue weighted by Gasteiger charge is 2.25. The van der Waals surface area contributed by atoms with Crippen LogP contribution < -0.4 is 4.90 Å². The van der Waals surface area contributed by atoms with Crippen molar-refractivity contribution in [1.82, 2.24) is 20.2 Å². The van der Waals surface area contributed by atoms with E-state index in [1.54, 1.807) is 12.5 Å². The summed E-state index contributed by atoms with van der Waals surface area (Å²) in [4.78, 5) is 14.1. The van der Waals surface area contributed by atoms with Gasteiger partial charge in [-0.1, -0.05) is 0 Å². The Kier molecular flexibility index (Phi) is 4.65. The minimum absolute atomic E-state index is 0.675. The molecule has 2 aromatic heterocycles. The zero-order valence-electron chi connectivity index (χ0n) is 13.0. The van der Waals surface area contributed by atoms with Gasteiger partial charge < -0.3 is 4.90 Å². The van der Waals surface area contributed by atoms with Gasteiger partial charge in [0.25, 0.3) is 0 Å². The van der Waals surface area contributed by atoms with Crippen molar-refractivity contribution in [3.63, 3.8) is 0 Å². The van der Waals surface area contributed by atoms with Crippen molar-refractivity contribution in [2.75, 3.05) is 18.0 Å². The predicted molar refractivity (Wildman–Crippen MR) is 111 cm³/mol. The van der Waals surface area contributed by atoms with Gasteiger partial charge >= 0.3 is 0 Å². The Morgan fingerprint density at radius 2 is 1.80 bits per heavy atom. The highest BCUT2D eigenvalue weighted by molar-refractivity contribution is 7.86. The van der Waals surface area contributed by atoms with Gasteiger partial charge in [0.2, 0.25) is 0 Å². The Morgan fingerprint density at radius 3 is 2.44 bits per heavy atom. The monoisotopic (exact) mass is 405 g/mol. The molecular formula is C16H15N5S4. The molecular weight excluding hydrogens is 390 g/mol. The number of H-pyrrole nitrogens is 1. The first kappa shape index (κ1) is 17.1. The number of nitrogens with one attached hydrogen (secondary N) is 1. The van der Waals surface area contributed by atoms with Gasteiger partial charge in [-0.2, -0.15) is 5.10 Å². The Balaban J connectivity index is 2.00. The molecule has 4 rings (SSSR count). The number of hydrogen-bond acceptors (Lipinski definition) is 8. The van der Waals surface area contributed by atoms with E-state index < -0.39 is 0 Å². The summed E-state index contributed by atoms with van der Waals surface area (Å²) in [5, 5.41) is 7.12. The summed E-state index contributed by atoms with van der Waals surface area (Å²) in [6.07, 6.45) is 4.47. The Labute approximate surface area is 167 Å². The van der Waals surface area contributed by atoms with E-state index in [4.69, 9.17) is 0 Å². The van der Waals surface area contributed by atoms with Crippen LogP contribution in [0.15, 0.2) is 44.2 Å². The number of hydrogen-bond donors (Lipinski definition) is 5. The molecule has 0 aliphatic carbocycles. The van der Waals surface area contributed by atoms with Gasteiger partial charge in [-0.15, -0.1) is 50.5 Å². The fraction of sp³-hybridized carbons (Fsp3) is 0.188. The molecule has 1 saturated heterocycles. The number of nitrogens with zero attached hydrogens (tertiary/aromatic N) is 4. The molecule has 0 saturated carbocycles. The van der Waals surface area contributed by atoms with Crippen molar-refractivity contribution in [3.05, 3.63) is 24.7 Å². The third-order valence-corrected chi connectivity index (χ3v) is 6.49. The van der Waals surface area contributed by atoms with Gasteiger partial charge in [0.1, 0.15) is 12.1 Å². The van der Waals surface area contributed by atoms with Crippen molar-refractivity contribution in [1.29, 1.82) is 0 Å². The third kappa shape index (κ3) is 2.92. The Morgan fingerprint density at radius 1 is 1.00 bits per heavy atom. The second-order valence-corrected chi connectivity index (χ2v) is 7.54. The zero-order chi connectivity index (χ0) is 17.6. The lowest BCUT2D eigenvalue weighted by molar-refractivity contribution is 0.609. The Hall–Kier alpha value is -1.29. The Bertz CT molecular complexity index is 938. The highest BCUT2D eigenvalue weighted by Crippen LogP contribution is 2.43. The molecule has 1 fully saturated rings. The van der Waals surface area contributed by atoms with Gasteiger partial charge in [0.05, 0.1) is 17.0 Å². The lowest BCUT2D eigenvalue weighted by Gasteiger charge is -2.33. The molecule has 3 heterocycles. The van der Waals surface area contributed by atoms with E-state index in [2.05, 4.69) is 75.6 Å². The molecule has 9 heteroatoms. The number of rotatable bonds is 3. The van der Waals surface area contributed by atoms with Crippen molar-refractivity contribution < 1.29 is 0 Å². The number of aromatic nitrogens is 4. The van der Waals surface area contributed by atoms with E-state index in [9.17, 15) is 0 Å².